The van der Waals surface area contributed by atoms with Crippen LogP contribution in [0.4, 0.5) is 0 Å². The van der Waals surface area contributed by atoms with Gasteiger partial charge in [0.1, 0.15) is 0 Å². The standard InChI is InChI=1S/C11H14Cl2N4/c1-7(2)16-11(14)17-15-6-8-3-4-9(12)10(13)5-8/h3-7H,1-2H3,(H3,14,16,17)/b15-6+. The van der Waals surface area contributed by atoms with Crippen molar-refractivity contribution < 1.29 is 0 Å². The van der Waals surface area contributed by atoms with E-state index < -0.39 is 0 Å². The second-order valence-corrected chi connectivity index (χ2v) is 4.47. The number of aliphatic imine (C=N–C) groups is 1. The summed E-state index contributed by atoms with van der Waals surface area (Å²) < 4.78 is 0. The second kappa shape index (κ2) is 6.47. The van der Waals surface area contributed by atoms with Crippen LogP contribution in [0, 0.1) is 0 Å². The van der Waals surface area contributed by atoms with E-state index in [1.54, 1.807) is 24.4 Å². The first kappa shape index (κ1) is 13.8. The largest absolute Gasteiger partial charge is 0.369 e. The molecule has 17 heavy (non-hydrogen) atoms. The fraction of sp³-hybridized carbons (Fsp3) is 0.273. The molecule has 0 fully saturated rings. The molecule has 0 aliphatic heterocycles. The highest BCUT2D eigenvalue weighted by atomic mass is 35.5. The van der Waals surface area contributed by atoms with Crippen molar-refractivity contribution in [3.05, 3.63) is 33.8 Å². The molecule has 0 atom stereocenters. The van der Waals surface area contributed by atoms with Crippen molar-refractivity contribution in [2.75, 3.05) is 0 Å². The van der Waals surface area contributed by atoms with Gasteiger partial charge >= 0.3 is 0 Å². The Morgan fingerprint density at radius 3 is 2.65 bits per heavy atom. The van der Waals surface area contributed by atoms with Crippen molar-refractivity contribution in [1.82, 2.24) is 5.43 Å². The summed E-state index contributed by atoms with van der Waals surface area (Å²) in [5.74, 6) is 0.274. The van der Waals surface area contributed by atoms with E-state index in [-0.39, 0.29) is 12.0 Å². The maximum Gasteiger partial charge on any atom is 0.209 e. The van der Waals surface area contributed by atoms with Gasteiger partial charge in [0.15, 0.2) is 0 Å². The van der Waals surface area contributed by atoms with Gasteiger partial charge in [-0.15, -0.1) is 0 Å². The normalized spacial score (nSPS) is 12.4. The molecule has 4 nitrogen and oxygen atoms in total. The van der Waals surface area contributed by atoms with Crippen molar-refractivity contribution >= 4 is 35.4 Å². The lowest BCUT2D eigenvalue weighted by Gasteiger charge is -2.01. The van der Waals surface area contributed by atoms with Crippen LogP contribution in [0.5, 0.6) is 0 Å². The summed E-state index contributed by atoms with van der Waals surface area (Å²) in [6.45, 7) is 3.86. The summed E-state index contributed by atoms with van der Waals surface area (Å²) in [6.07, 6.45) is 1.59. The van der Waals surface area contributed by atoms with Crippen molar-refractivity contribution in [2.45, 2.75) is 19.9 Å². The van der Waals surface area contributed by atoms with Gasteiger partial charge in [0.25, 0.3) is 0 Å². The average Bonchev–Trinajstić information content (AvgIpc) is 2.22. The molecular formula is C11H14Cl2N4. The second-order valence-electron chi connectivity index (χ2n) is 3.65. The summed E-state index contributed by atoms with van der Waals surface area (Å²) in [5.41, 5.74) is 9.01. The zero-order chi connectivity index (χ0) is 12.8. The van der Waals surface area contributed by atoms with Crippen molar-refractivity contribution in [2.24, 2.45) is 15.8 Å². The number of benzene rings is 1. The highest BCUT2D eigenvalue weighted by Gasteiger charge is 1.97. The number of nitrogens with one attached hydrogen (secondary N) is 1. The summed E-state index contributed by atoms with van der Waals surface area (Å²) in [5, 5.41) is 4.93. The summed E-state index contributed by atoms with van der Waals surface area (Å²) in [4.78, 5) is 4.06. The third-order valence-corrected chi connectivity index (χ3v) is 2.47. The van der Waals surface area contributed by atoms with Crippen LogP contribution in [0.15, 0.2) is 28.3 Å². The molecule has 0 unspecified atom stereocenters. The van der Waals surface area contributed by atoms with Crippen LogP contribution in [-0.4, -0.2) is 18.2 Å². The van der Waals surface area contributed by atoms with E-state index in [1.165, 1.54) is 0 Å². The van der Waals surface area contributed by atoms with Gasteiger partial charge in [0, 0.05) is 6.04 Å². The van der Waals surface area contributed by atoms with Crippen LogP contribution in [0.1, 0.15) is 19.4 Å². The molecule has 1 rings (SSSR count). The molecule has 0 aliphatic carbocycles. The molecule has 0 bridgehead atoms. The number of rotatable bonds is 3. The van der Waals surface area contributed by atoms with Crippen LogP contribution in [0.25, 0.3) is 0 Å². The number of guanidine groups is 1. The van der Waals surface area contributed by atoms with E-state index in [4.69, 9.17) is 28.9 Å². The predicted molar refractivity (Wildman–Crippen MR) is 74.0 cm³/mol. The Morgan fingerprint density at radius 1 is 1.35 bits per heavy atom. The topological polar surface area (TPSA) is 62.8 Å². The van der Waals surface area contributed by atoms with Crippen molar-refractivity contribution in [1.29, 1.82) is 0 Å². The molecule has 92 valence electrons. The Labute approximate surface area is 111 Å². The lowest BCUT2D eigenvalue weighted by atomic mass is 10.2. The molecule has 3 N–H and O–H groups in total. The van der Waals surface area contributed by atoms with E-state index in [9.17, 15) is 0 Å². The van der Waals surface area contributed by atoms with Gasteiger partial charge in [0.2, 0.25) is 5.96 Å². The van der Waals surface area contributed by atoms with Gasteiger partial charge in [-0.1, -0.05) is 29.3 Å². The Morgan fingerprint density at radius 2 is 2.06 bits per heavy atom. The summed E-state index contributed by atoms with van der Waals surface area (Å²) >= 11 is 11.7. The lowest BCUT2D eigenvalue weighted by molar-refractivity contribution is 0.816. The first-order chi connectivity index (χ1) is 7.99. The van der Waals surface area contributed by atoms with Gasteiger partial charge in [0.05, 0.1) is 16.3 Å². The van der Waals surface area contributed by atoms with Gasteiger partial charge in [-0.05, 0) is 31.5 Å². The van der Waals surface area contributed by atoms with Crippen LogP contribution in [-0.2, 0) is 0 Å². The Balaban J connectivity index is 2.62. The van der Waals surface area contributed by atoms with E-state index in [0.29, 0.717) is 10.0 Å². The average molecular weight is 273 g/mol. The number of halogens is 2. The molecule has 1 aromatic carbocycles. The van der Waals surface area contributed by atoms with Gasteiger partial charge in [-0.25, -0.2) is 10.4 Å². The highest BCUT2D eigenvalue weighted by molar-refractivity contribution is 6.42. The highest BCUT2D eigenvalue weighted by Crippen LogP contribution is 2.21. The van der Waals surface area contributed by atoms with Gasteiger partial charge < -0.3 is 5.73 Å². The number of hydrogen-bond donors (Lipinski definition) is 2. The minimum Gasteiger partial charge on any atom is -0.369 e. The smallest absolute Gasteiger partial charge is 0.209 e. The molecule has 0 saturated heterocycles. The molecule has 0 amide bonds. The molecule has 0 saturated carbocycles. The maximum absolute atomic E-state index is 5.86. The molecule has 6 heteroatoms. The van der Waals surface area contributed by atoms with E-state index in [1.807, 2.05) is 13.8 Å². The van der Waals surface area contributed by atoms with Crippen LogP contribution < -0.4 is 11.2 Å². The monoisotopic (exact) mass is 272 g/mol. The van der Waals surface area contributed by atoms with Gasteiger partial charge in [-0.2, -0.15) is 5.10 Å². The number of nitrogens with two attached hydrogens (primary N) is 1. The van der Waals surface area contributed by atoms with E-state index in [2.05, 4.69) is 15.5 Å². The van der Waals surface area contributed by atoms with Crippen LogP contribution in [0.3, 0.4) is 0 Å². The molecule has 0 aromatic heterocycles. The molecule has 0 radical (unpaired) electrons. The fourth-order valence-electron chi connectivity index (χ4n) is 1.07. The molecule has 0 spiro atoms. The zero-order valence-electron chi connectivity index (χ0n) is 9.61. The Kier molecular flexibility index (Phi) is 5.25. The number of nitrogens with zero attached hydrogens (tertiary/aromatic N) is 2. The van der Waals surface area contributed by atoms with Crippen molar-refractivity contribution in [3.63, 3.8) is 0 Å². The third-order valence-electron chi connectivity index (χ3n) is 1.73. The molecular weight excluding hydrogens is 259 g/mol. The van der Waals surface area contributed by atoms with Crippen LogP contribution in [0.2, 0.25) is 10.0 Å². The fourth-order valence-corrected chi connectivity index (χ4v) is 1.38. The van der Waals surface area contributed by atoms with E-state index >= 15 is 0 Å². The maximum atomic E-state index is 5.86. The minimum atomic E-state index is 0.127. The molecule has 1 aromatic rings. The van der Waals surface area contributed by atoms with E-state index in [0.717, 1.165) is 5.56 Å². The lowest BCUT2D eigenvalue weighted by Crippen LogP contribution is -2.28. The first-order valence-electron chi connectivity index (χ1n) is 5.06. The number of hydrogen-bond acceptors (Lipinski definition) is 2. The predicted octanol–water partition coefficient (Wildman–Crippen LogP) is 2.64. The third kappa shape index (κ3) is 5.06. The van der Waals surface area contributed by atoms with Gasteiger partial charge in [-0.3, -0.25) is 0 Å². The zero-order valence-corrected chi connectivity index (χ0v) is 11.1. The SMILES string of the molecule is CC(C)N=C(N)N/N=C/c1ccc(Cl)c(Cl)c1. The summed E-state index contributed by atoms with van der Waals surface area (Å²) in [7, 11) is 0. The summed E-state index contributed by atoms with van der Waals surface area (Å²) in [6, 6.07) is 5.35. The van der Waals surface area contributed by atoms with Crippen molar-refractivity contribution in [3.8, 4) is 0 Å². The van der Waals surface area contributed by atoms with Crippen LogP contribution >= 0.6 is 23.2 Å². The minimum absolute atomic E-state index is 0.127. The Hall–Kier alpha value is -1.26. The number of hydrazone groups is 1. The first-order valence-corrected chi connectivity index (χ1v) is 5.82. The molecule has 0 aliphatic rings. The molecule has 0 heterocycles. The Bertz CT molecular complexity index is 441. The quantitative estimate of drug-likeness (QED) is 0.505.